The van der Waals surface area contributed by atoms with Gasteiger partial charge in [-0.2, -0.15) is 0 Å². The lowest BCUT2D eigenvalue weighted by atomic mass is 10.1. The zero-order valence-corrected chi connectivity index (χ0v) is 15.4. The number of unbranched alkanes of at least 4 members (excludes halogenated alkanes) is 3. The van der Waals surface area contributed by atoms with Gasteiger partial charge < -0.3 is 19.5 Å². The number of nitrogens with one attached hydrogen (secondary N) is 1. The van der Waals surface area contributed by atoms with Crippen molar-refractivity contribution in [1.82, 2.24) is 5.32 Å². The van der Waals surface area contributed by atoms with E-state index in [2.05, 4.69) is 10.1 Å². The maximum absolute atomic E-state index is 11.9. The summed E-state index contributed by atoms with van der Waals surface area (Å²) < 4.78 is 14.4. The molecule has 26 heavy (non-hydrogen) atoms. The summed E-state index contributed by atoms with van der Waals surface area (Å²) in [5, 5.41) is 2.55. The van der Waals surface area contributed by atoms with E-state index in [1.807, 2.05) is 30.3 Å². The molecule has 7 heteroatoms. The third kappa shape index (κ3) is 9.05. The normalized spacial score (nSPS) is 11.3. The molecule has 0 aliphatic rings. The van der Waals surface area contributed by atoms with Gasteiger partial charge in [-0.15, -0.1) is 0 Å². The lowest BCUT2D eigenvalue weighted by molar-refractivity contribution is -0.143. The molecule has 7 nitrogen and oxygen atoms in total. The van der Waals surface area contributed by atoms with E-state index < -0.39 is 18.1 Å². The standard InChI is InChI=1S/C19H27NO6/c1-24-17(21)13-9-4-3-8-12-16(18(22)25-2)20-19(23)26-14-15-10-6-5-7-11-15/h5-7,10-11,16H,3-4,8-9,12-14H2,1-2H3,(H,20,23). The predicted octanol–water partition coefficient (Wildman–Crippen LogP) is 2.97. The molecule has 1 atom stereocenters. The van der Waals surface area contributed by atoms with Gasteiger partial charge in [0.25, 0.3) is 0 Å². The smallest absolute Gasteiger partial charge is 0.408 e. The maximum atomic E-state index is 11.9. The molecular weight excluding hydrogens is 338 g/mol. The Morgan fingerprint density at radius 1 is 0.962 bits per heavy atom. The van der Waals surface area contributed by atoms with E-state index in [1.54, 1.807) is 0 Å². The van der Waals surface area contributed by atoms with E-state index in [4.69, 9.17) is 9.47 Å². The van der Waals surface area contributed by atoms with Gasteiger partial charge in [0.05, 0.1) is 14.2 Å². The van der Waals surface area contributed by atoms with E-state index in [1.165, 1.54) is 14.2 Å². The fourth-order valence-corrected chi connectivity index (χ4v) is 2.37. The summed E-state index contributed by atoms with van der Waals surface area (Å²) in [5.74, 6) is -0.725. The largest absolute Gasteiger partial charge is 0.469 e. The minimum atomic E-state index is -0.746. The second-order valence-corrected chi connectivity index (χ2v) is 5.81. The molecular formula is C19H27NO6. The first kappa shape index (κ1) is 21.5. The van der Waals surface area contributed by atoms with Crippen molar-refractivity contribution in [3.63, 3.8) is 0 Å². The zero-order chi connectivity index (χ0) is 19.2. The quantitative estimate of drug-likeness (QED) is 0.368. The maximum Gasteiger partial charge on any atom is 0.408 e. The van der Waals surface area contributed by atoms with Crippen LogP contribution in [0, 0.1) is 0 Å². The van der Waals surface area contributed by atoms with Crippen molar-refractivity contribution < 1.29 is 28.6 Å². The average Bonchev–Trinajstić information content (AvgIpc) is 2.67. The van der Waals surface area contributed by atoms with E-state index in [9.17, 15) is 14.4 Å². The summed E-state index contributed by atoms with van der Waals surface area (Å²) in [6.45, 7) is 0.133. The Hall–Kier alpha value is -2.57. The van der Waals surface area contributed by atoms with Crippen molar-refractivity contribution in [3.05, 3.63) is 35.9 Å². The summed E-state index contributed by atoms with van der Waals surface area (Å²) in [7, 11) is 2.65. The number of benzene rings is 1. The van der Waals surface area contributed by atoms with Crippen molar-refractivity contribution in [2.24, 2.45) is 0 Å². The minimum Gasteiger partial charge on any atom is -0.469 e. The predicted molar refractivity (Wildman–Crippen MR) is 95.3 cm³/mol. The number of carbonyl (C=O) groups excluding carboxylic acids is 3. The van der Waals surface area contributed by atoms with Crippen LogP contribution in [-0.4, -0.2) is 38.3 Å². The molecule has 0 saturated heterocycles. The van der Waals surface area contributed by atoms with Crippen molar-refractivity contribution in [1.29, 1.82) is 0 Å². The number of hydrogen-bond acceptors (Lipinski definition) is 6. The van der Waals surface area contributed by atoms with Gasteiger partial charge in [-0.3, -0.25) is 4.79 Å². The Bertz CT molecular complexity index is 560. The monoisotopic (exact) mass is 365 g/mol. The van der Waals surface area contributed by atoms with Crippen LogP contribution in [0.4, 0.5) is 4.79 Å². The van der Waals surface area contributed by atoms with Crippen LogP contribution in [0.15, 0.2) is 30.3 Å². The van der Waals surface area contributed by atoms with E-state index in [0.29, 0.717) is 12.8 Å². The first-order valence-corrected chi connectivity index (χ1v) is 8.68. The van der Waals surface area contributed by atoms with Crippen LogP contribution in [0.25, 0.3) is 0 Å². The zero-order valence-electron chi connectivity index (χ0n) is 15.4. The van der Waals surface area contributed by atoms with Gasteiger partial charge in [0.15, 0.2) is 0 Å². The SMILES string of the molecule is COC(=O)CCCCCCC(NC(=O)OCc1ccccc1)C(=O)OC. The summed E-state index contributed by atoms with van der Waals surface area (Å²) in [5.41, 5.74) is 0.864. The Kier molecular flexibility index (Phi) is 10.5. The molecule has 0 aromatic heterocycles. The molecule has 1 aromatic carbocycles. The van der Waals surface area contributed by atoms with Gasteiger partial charge in [0.2, 0.25) is 0 Å². The Labute approximate surface area is 154 Å². The fourth-order valence-electron chi connectivity index (χ4n) is 2.37. The van der Waals surface area contributed by atoms with Gasteiger partial charge in [-0.05, 0) is 18.4 Å². The lowest BCUT2D eigenvalue weighted by Crippen LogP contribution is -2.41. The molecule has 0 heterocycles. The van der Waals surface area contributed by atoms with Crippen LogP contribution in [0.2, 0.25) is 0 Å². The molecule has 0 aliphatic carbocycles. The molecule has 1 N–H and O–H groups in total. The number of amides is 1. The number of hydrogen-bond donors (Lipinski definition) is 1. The van der Waals surface area contributed by atoms with Crippen LogP contribution in [0.5, 0.6) is 0 Å². The number of ether oxygens (including phenoxy) is 3. The number of rotatable bonds is 11. The average molecular weight is 365 g/mol. The second kappa shape index (κ2) is 12.7. The third-order valence-electron chi connectivity index (χ3n) is 3.84. The number of carbonyl (C=O) groups is 3. The first-order chi connectivity index (χ1) is 12.6. The first-order valence-electron chi connectivity index (χ1n) is 8.68. The van der Waals surface area contributed by atoms with E-state index >= 15 is 0 Å². The highest BCUT2D eigenvalue weighted by Gasteiger charge is 2.21. The molecule has 144 valence electrons. The van der Waals surface area contributed by atoms with Gasteiger partial charge in [0.1, 0.15) is 12.6 Å². The highest BCUT2D eigenvalue weighted by atomic mass is 16.6. The van der Waals surface area contributed by atoms with Crippen LogP contribution in [0.1, 0.15) is 44.1 Å². The number of esters is 2. The molecule has 1 rings (SSSR count). The van der Waals surface area contributed by atoms with E-state index in [-0.39, 0.29) is 12.6 Å². The van der Waals surface area contributed by atoms with Crippen molar-refractivity contribution >= 4 is 18.0 Å². The van der Waals surface area contributed by atoms with E-state index in [0.717, 1.165) is 31.2 Å². The van der Waals surface area contributed by atoms with Gasteiger partial charge in [0, 0.05) is 6.42 Å². The summed E-state index contributed by atoms with van der Waals surface area (Å²) in [6, 6.07) is 8.53. The minimum absolute atomic E-state index is 0.133. The summed E-state index contributed by atoms with van der Waals surface area (Å²) in [6.07, 6.45) is 3.33. The van der Waals surface area contributed by atoms with Crippen molar-refractivity contribution in [3.8, 4) is 0 Å². The summed E-state index contributed by atoms with van der Waals surface area (Å²) >= 11 is 0. The molecule has 0 bridgehead atoms. The summed E-state index contributed by atoms with van der Waals surface area (Å²) in [4.78, 5) is 34.7. The lowest BCUT2D eigenvalue weighted by Gasteiger charge is -2.16. The molecule has 0 fully saturated rings. The third-order valence-corrected chi connectivity index (χ3v) is 3.84. The van der Waals surface area contributed by atoms with Crippen LogP contribution in [0.3, 0.4) is 0 Å². The van der Waals surface area contributed by atoms with Gasteiger partial charge in [-0.1, -0.05) is 49.6 Å². The second-order valence-electron chi connectivity index (χ2n) is 5.81. The number of methoxy groups -OCH3 is 2. The van der Waals surface area contributed by atoms with Crippen molar-refractivity contribution in [2.45, 2.75) is 51.2 Å². The molecule has 1 unspecified atom stereocenters. The number of alkyl carbamates (subject to hydrolysis) is 1. The Morgan fingerprint density at radius 2 is 1.65 bits per heavy atom. The van der Waals surface area contributed by atoms with Crippen LogP contribution < -0.4 is 5.32 Å². The molecule has 0 saturated carbocycles. The van der Waals surface area contributed by atoms with Gasteiger partial charge >= 0.3 is 18.0 Å². The molecule has 1 aromatic rings. The van der Waals surface area contributed by atoms with Crippen LogP contribution >= 0.6 is 0 Å². The molecule has 0 aliphatic heterocycles. The molecule has 1 amide bonds. The Balaban J connectivity index is 2.30. The van der Waals surface area contributed by atoms with Crippen LogP contribution in [-0.2, 0) is 30.4 Å². The van der Waals surface area contributed by atoms with Crippen molar-refractivity contribution in [2.75, 3.05) is 14.2 Å². The fraction of sp³-hybridized carbons (Fsp3) is 0.526. The Morgan fingerprint density at radius 3 is 2.31 bits per heavy atom. The van der Waals surface area contributed by atoms with Gasteiger partial charge in [-0.25, -0.2) is 9.59 Å². The highest BCUT2D eigenvalue weighted by molar-refractivity contribution is 5.81. The molecule has 0 spiro atoms. The molecule has 0 radical (unpaired) electrons. The highest BCUT2D eigenvalue weighted by Crippen LogP contribution is 2.09. The topological polar surface area (TPSA) is 90.9 Å².